The summed E-state index contributed by atoms with van der Waals surface area (Å²) in [5.41, 5.74) is 5.99. The van der Waals surface area contributed by atoms with Crippen molar-refractivity contribution in [3.63, 3.8) is 0 Å². The Kier molecular flexibility index (Phi) is 6.11. The molecule has 2 saturated heterocycles. The first-order valence-electron chi connectivity index (χ1n) is 11.3. The number of aromatic nitrogens is 5. The monoisotopic (exact) mass is 551 g/mol. The van der Waals surface area contributed by atoms with Crippen LogP contribution in [0, 0.1) is 0 Å². The molecule has 18 heteroatoms. The van der Waals surface area contributed by atoms with Gasteiger partial charge in [0.1, 0.15) is 6.04 Å². The third kappa shape index (κ3) is 4.35. The molecule has 0 radical (unpaired) electrons. The van der Waals surface area contributed by atoms with Crippen LogP contribution in [0.2, 0.25) is 0 Å². The van der Waals surface area contributed by atoms with E-state index in [1.54, 1.807) is 17.0 Å². The van der Waals surface area contributed by atoms with E-state index in [0.717, 1.165) is 4.90 Å². The van der Waals surface area contributed by atoms with Gasteiger partial charge in [-0.3, -0.25) is 9.69 Å². The number of nitrogens with two attached hydrogens (primary N) is 1. The minimum atomic E-state index is -6.39. The van der Waals surface area contributed by atoms with Crippen molar-refractivity contribution < 1.29 is 39.9 Å². The second-order valence-electron chi connectivity index (χ2n) is 8.88. The lowest BCUT2D eigenvalue weighted by molar-refractivity contribution is -0.356. The summed E-state index contributed by atoms with van der Waals surface area (Å²) >= 11 is 0. The lowest BCUT2D eigenvalue weighted by atomic mass is 10.0. The van der Waals surface area contributed by atoms with E-state index >= 15 is 0 Å². The molecule has 1 amide bonds. The van der Waals surface area contributed by atoms with Gasteiger partial charge >= 0.3 is 18.0 Å². The third-order valence-corrected chi connectivity index (χ3v) is 6.45. The van der Waals surface area contributed by atoms with Gasteiger partial charge in [-0.15, -0.1) is 5.10 Å². The summed E-state index contributed by atoms with van der Waals surface area (Å²) in [6.07, 6.45) is -4.52. The van der Waals surface area contributed by atoms with Gasteiger partial charge in [-0.05, 0) is 18.6 Å². The Morgan fingerprint density at radius 1 is 1.03 bits per heavy atom. The van der Waals surface area contributed by atoms with Crippen LogP contribution in [-0.2, 0) is 4.79 Å². The van der Waals surface area contributed by atoms with Crippen molar-refractivity contribution >= 4 is 23.6 Å². The van der Waals surface area contributed by atoms with Gasteiger partial charge < -0.3 is 20.0 Å². The predicted molar refractivity (Wildman–Crippen MR) is 115 cm³/mol. The number of anilines is 2. The molecule has 0 unspecified atom stereocenters. The fourth-order valence-electron chi connectivity index (χ4n) is 4.24. The van der Waals surface area contributed by atoms with Crippen LogP contribution in [0.5, 0.6) is 0 Å². The number of nitrogen functional groups attached to an aromatic ring is 1. The van der Waals surface area contributed by atoms with E-state index in [9.17, 15) is 35.5 Å². The molecule has 11 nitrogen and oxygen atoms in total. The summed E-state index contributed by atoms with van der Waals surface area (Å²) in [4.78, 5) is 29.5. The van der Waals surface area contributed by atoms with E-state index in [2.05, 4.69) is 20.1 Å². The molecule has 2 aliphatic heterocycles. The van der Waals surface area contributed by atoms with Crippen molar-refractivity contribution in [2.24, 2.45) is 0 Å². The van der Waals surface area contributed by atoms with Gasteiger partial charge in [0, 0.05) is 32.7 Å². The maximum Gasteiger partial charge on any atom is 0.459 e. The number of rotatable bonds is 6. The molecule has 0 bridgehead atoms. The molecule has 2 aliphatic rings. The highest BCUT2D eigenvalue weighted by atomic mass is 19.4. The summed E-state index contributed by atoms with van der Waals surface area (Å²) in [5, 5.41) is 4.19. The minimum absolute atomic E-state index is 0.0430. The Hall–Kier alpha value is -3.70. The summed E-state index contributed by atoms with van der Waals surface area (Å²) in [6.45, 7) is -2.24. The van der Waals surface area contributed by atoms with E-state index < -0.39 is 30.6 Å². The lowest BCUT2D eigenvalue weighted by Gasteiger charge is -2.44. The molecule has 1 atom stereocenters. The van der Waals surface area contributed by atoms with Crippen LogP contribution >= 0.6 is 0 Å². The fourth-order valence-corrected chi connectivity index (χ4v) is 4.24. The van der Waals surface area contributed by atoms with Crippen molar-refractivity contribution in [1.82, 2.24) is 34.4 Å². The third-order valence-electron chi connectivity index (χ3n) is 6.45. The smallest absolute Gasteiger partial charge is 0.459 e. The molecule has 5 heterocycles. The maximum atomic E-state index is 13.8. The number of hydrogen-bond acceptors (Lipinski definition) is 9. The van der Waals surface area contributed by atoms with Gasteiger partial charge in [0.05, 0.1) is 12.8 Å². The zero-order chi connectivity index (χ0) is 27.5. The Morgan fingerprint density at radius 2 is 1.74 bits per heavy atom. The topological polar surface area (TPSA) is 122 Å². The number of carbonyl (C=O) groups excluding carboxylic acids is 1. The molecular weight excluding hydrogens is 531 g/mol. The minimum Gasteiger partial charge on any atom is -0.461 e. The van der Waals surface area contributed by atoms with Crippen molar-refractivity contribution in [2.75, 3.05) is 49.9 Å². The first-order valence-corrected chi connectivity index (χ1v) is 11.3. The van der Waals surface area contributed by atoms with Gasteiger partial charge in [-0.25, -0.2) is 0 Å². The number of carbonyl (C=O) groups is 1. The average molecular weight is 551 g/mol. The number of amides is 1. The van der Waals surface area contributed by atoms with E-state index in [0.29, 0.717) is 18.7 Å². The zero-order valence-electron chi connectivity index (χ0n) is 19.4. The molecule has 0 aromatic carbocycles. The van der Waals surface area contributed by atoms with Gasteiger partial charge in [0.2, 0.25) is 23.6 Å². The highest BCUT2D eigenvalue weighted by Gasteiger charge is 2.73. The second kappa shape index (κ2) is 8.95. The Morgan fingerprint density at radius 3 is 2.32 bits per heavy atom. The highest BCUT2D eigenvalue weighted by molar-refractivity contribution is 5.86. The molecule has 2 fully saturated rings. The van der Waals surface area contributed by atoms with E-state index in [1.807, 2.05) is 0 Å². The van der Waals surface area contributed by atoms with Crippen LogP contribution in [0.1, 0.15) is 6.42 Å². The normalized spacial score (nSPS) is 19.7. The average Bonchev–Trinajstić information content (AvgIpc) is 3.48. The number of alkyl halides is 7. The zero-order valence-corrected chi connectivity index (χ0v) is 19.4. The Bertz CT molecular complexity index is 1320. The number of furan rings is 1. The summed E-state index contributed by atoms with van der Waals surface area (Å²) in [7, 11) is 0. The number of hydrogen-bond donors (Lipinski definition) is 1. The molecule has 2 N–H and O–H groups in total. The molecule has 3 aromatic heterocycles. The molecular formula is C20H20F7N9O2. The summed E-state index contributed by atoms with van der Waals surface area (Å²) in [5.74, 6) is -11.1. The number of piperazine rings is 1. The second-order valence-corrected chi connectivity index (χ2v) is 8.88. The Labute approximate surface area is 209 Å². The van der Waals surface area contributed by atoms with Gasteiger partial charge in [0.25, 0.3) is 5.78 Å². The largest absolute Gasteiger partial charge is 0.461 e. The predicted octanol–water partition coefficient (Wildman–Crippen LogP) is 1.92. The van der Waals surface area contributed by atoms with Crippen LogP contribution in [0.25, 0.3) is 17.4 Å². The first-order chi connectivity index (χ1) is 17.8. The first kappa shape index (κ1) is 25.9. The highest BCUT2D eigenvalue weighted by Crippen LogP contribution is 2.46. The standard InChI is InChI=1S/C20H20F7N9O2/c21-18(22,19(23,24)20(25,26)27)10-33-5-7-34(8-6-33)14(37)11-3-4-35(11)16-30-15(28)36-17(31-16)29-13(32-36)12-2-1-9-38-12/h1-2,9,11H,3-8,10H2,(H2,28,29,30,31,32)/t11-/m0/s1. The van der Waals surface area contributed by atoms with Crippen molar-refractivity contribution in [3.8, 4) is 11.6 Å². The molecule has 0 saturated carbocycles. The van der Waals surface area contributed by atoms with Gasteiger partial charge in [-0.1, -0.05) is 0 Å². The number of nitrogens with zero attached hydrogens (tertiary/aromatic N) is 8. The van der Waals surface area contributed by atoms with Gasteiger partial charge in [-0.2, -0.15) is 50.2 Å². The molecule has 5 rings (SSSR count). The van der Waals surface area contributed by atoms with Crippen molar-refractivity contribution in [1.29, 1.82) is 0 Å². The van der Waals surface area contributed by atoms with Crippen LogP contribution in [0.4, 0.5) is 42.6 Å². The number of fused-ring (bicyclic) bond motifs is 1. The fraction of sp³-hybridized carbons (Fsp3) is 0.550. The van der Waals surface area contributed by atoms with Crippen LogP contribution in [-0.4, -0.2) is 104 Å². The lowest BCUT2D eigenvalue weighted by Crippen LogP contribution is -2.62. The molecule has 3 aromatic rings. The van der Waals surface area contributed by atoms with Gasteiger partial charge in [0.15, 0.2) is 5.76 Å². The molecule has 206 valence electrons. The van der Waals surface area contributed by atoms with E-state index in [-0.39, 0.29) is 55.6 Å². The van der Waals surface area contributed by atoms with Crippen LogP contribution in [0.15, 0.2) is 22.8 Å². The van der Waals surface area contributed by atoms with Crippen LogP contribution < -0.4 is 10.6 Å². The quantitative estimate of drug-likeness (QED) is 0.458. The van der Waals surface area contributed by atoms with E-state index in [1.165, 1.54) is 15.7 Å². The molecule has 38 heavy (non-hydrogen) atoms. The SMILES string of the molecule is Nc1nc(N2CC[C@H]2C(=O)N2CCN(CC(F)(F)C(F)(F)C(F)(F)F)CC2)nc2nc(-c3ccco3)nn12. The maximum absolute atomic E-state index is 13.8. The number of halogens is 7. The van der Waals surface area contributed by atoms with E-state index in [4.69, 9.17) is 10.2 Å². The summed E-state index contributed by atoms with van der Waals surface area (Å²) in [6, 6.07) is 2.60. The molecule has 0 spiro atoms. The molecule has 0 aliphatic carbocycles. The summed E-state index contributed by atoms with van der Waals surface area (Å²) < 4.78 is 97.6. The van der Waals surface area contributed by atoms with Crippen molar-refractivity contribution in [2.45, 2.75) is 30.5 Å². The van der Waals surface area contributed by atoms with Crippen LogP contribution in [0.3, 0.4) is 0 Å². The Balaban J connectivity index is 1.23. The van der Waals surface area contributed by atoms with Crippen molar-refractivity contribution in [3.05, 3.63) is 18.4 Å².